The van der Waals surface area contributed by atoms with Crippen LogP contribution in [0.5, 0.6) is 0 Å². The average molecular weight is 291 g/mol. The minimum absolute atomic E-state index is 0.0823. The van der Waals surface area contributed by atoms with Gasteiger partial charge in [0.05, 0.1) is 6.54 Å². The van der Waals surface area contributed by atoms with E-state index in [0.29, 0.717) is 6.54 Å². The molecule has 2 aromatic heterocycles. The van der Waals surface area contributed by atoms with Crippen LogP contribution in [0.25, 0.3) is 0 Å². The maximum absolute atomic E-state index is 4.59. The summed E-state index contributed by atoms with van der Waals surface area (Å²) in [6.45, 7) is 9.06. The van der Waals surface area contributed by atoms with E-state index >= 15 is 0 Å². The minimum Gasteiger partial charge on any atom is -0.373 e. The number of hydrogen-bond donors (Lipinski definition) is 2. The first-order valence-electron chi connectivity index (χ1n) is 6.61. The number of nitrogens with one attached hydrogen (secondary N) is 2. The van der Waals surface area contributed by atoms with Crippen LogP contribution in [0.2, 0.25) is 0 Å². The number of thiazole rings is 1. The Labute approximate surface area is 123 Å². The van der Waals surface area contributed by atoms with Gasteiger partial charge in [-0.2, -0.15) is 0 Å². The monoisotopic (exact) mass is 291 g/mol. The highest BCUT2D eigenvalue weighted by molar-refractivity contribution is 7.11. The van der Waals surface area contributed by atoms with Gasteiger partial charge in [0.1, 0.15) is 22.5 Å². The Kier molecular flexibility index (Phi) is 4.23. The van der Waals surface area contributed by atoms with Crippen molar-refractivity contribution < 1.29 is 0 Å². The molecule has 0 amide bonds. The lowest BCUT2D eigenvalue weighted by Crippen LogP contribution is -2.18. The van der Waals surface area contributed by atoms with Gasteiger partial charge in [-0.15, -0.1) is 11.3 Å². The summed E-state index contributed by atoms with van der Waals surface area (Å²) < 4.78 is 0. The largest absolute Gasteiger partial charge is 0.373 e. The summed E-state index contributed by atoms with van der Waals surface area (Å²) in [5.41, 5.74) is -0.0823. The zero-order valence-electron chi connectivity index (χ0n) is 12.6. The topological polar surface area (TPSA) is 62.7 Å². The van der Waals surface area contributed by atoms with Crippen LogP contribution in [0.1, 0.15) is 36.5 Å². The van der Waals surface area contributed by atoms with E-state index in [4.69, 9.17) is 0 Å². The Morgan fingerprint density at radius 1 is 1.20 bits per heavy atom. The van der Waals surface area contributed by atoms with E-state index in [1.165, 1.54) is 4.88 Å². The van der Waals surface area contributed by atoms with Crippen LogP contribution < -0.4 is 10.6 Å². The summed E-state index contributed by atoms with van der Waals surface area (Å²) in [5.74, 6) is 2.46. The third-order valence-corrected chi connectivity index (χ3v) is 3.66. The summed E-state index contributed by atoms with van der Waals surface area (Å²) in [7, 11) is 1.86. The molecule has 0 spiro atoms. The summed E-state index contributed by atoms with van der Waals surface area (Å²) >= 11 is 1.69. The van der Waals surface area contributed by atoms with Gasteiger partial charge in [0.15, 0.2) is 0 Å². The molecule has 2 N–H and O–H groups in total. The standard InChI is InChI=1S/C14H21N5S/c1-9-7-17-12(20-9)8-16-11-6-10(15-5)18-13(19-11)14(2,3)4/h6-7H,8H2,1-5H3,(H2,15,16,18,19). The van der Waals surface area contributed by atoms with Crippen molar-refractivity contribution in [2.45, 2.75) is 39.7 Å². The number of aromatic nitrogens is 3. The zero-order chi connectivity index (χ0) is 14.8. The summed E-state index contributed by atoms with van der Waals surface area (Å²) in [5, 5.41) is 7.46. The van der Waals surface area contributed by atoms with Gasteiger partial charge in [0.25, 0.3) is 0 Å². The van der Waals surface area contributed by atoms with E-state index in [2.05, 4.69) is 53.3 Å². The van der Waals surface area contributed by atoms with Gasteiger partial charge >= 0.3 is 0 Å². The number of aryl methyl sites for hydroxylation is 1. The van der Waals surface area contributed by atoms with Crippen LogP contribution in [-0.4, -0.2) is 22.0 Å². The van der Waals surface area contributed by atoms with Crippen LogP contribution in [0, 0.1) is 6.92 Å². The lowest BCUT2D eigenvalue weighted by Gasteiger charge is -2.18. The molecule has 20 heavy (non-hydrogen) atoms. The number of anilines is 2. The third-order valence-electron chi connectivity index (χ3n) is 2.74. The van der Waals surface area contributed by atoms with Crippen LogP contribution in [-0.2, 0) is 12.0 Å². The van der Waals surface area contributed by atoms with Crippen molar-refractivity contribution in [2.75, 3.05) is 17.7 Å². The predicted molar refractivity (Wildman–Crippen MR) is 84.5 cm³/mol. The number of rotatable bonds is 4. The maximum atomic E-state index is 4.59. The molecule has 6 heteroatoms. The van der Waals surface area contributed by atoms with Gasteiger partial charge in [-0.3, -0.25) is 0 Å². The molecule has 0 radical (unpaired) electrons. The second-order valence-electron chi connectivity index (χ2n) is 5.68. The molecule has 0 aliphatic carbocycles. The molecule has 5 nitrogen and oxygen atoms in total. The molecule has 2 aromatic rings. The molecule has 0 atom stereocenters. The van der Waals surface area contributed by atoms with Gasteiger partial charge in [-0.05, 0) is 6.92 Å². The fraction of sp³-hybridized carbons (Fsp3) is 0.500. The van der Waals surface area contributed by atoms with Crippen molar-refractivity contribution >= 4 is 23.0 Å². The second kappa shape index (κ2) is 5.75. The van der Waals surface area contributed by atoms with Crippen LogP contribution in [0.15, 0.2) is 12.3 Å². The van der Waals surface area contributed by atoms with Crippen LogP contribution >= 0.6 is 11.3 Å². The molecule has 0 saturated heterocycles. The Balaban J connectivity index is 2.18. The van der Waals surface area contributed by atoms with Crippen molar-refractivity contribution in [1.29, 1.82) is 0 Å². The van der Waals surface area contributed by atoms with Crippen molar-refractivity contribution in [1.82, 2.24) is 15.0 Å². The third kappa shape index (κ3) is 3.66. The molecule has 0 aromatic carbocycles. The number of hydrogen-bond acceptors (Lipinski definition) is 6. The fourth-order valence-corrected chi connectivity index (χ4v) is 2.38. The van der Waals surface area contributed by atoms with E-state index in [-0.39, 0.29) is 5.41 Å². The summed E-state index contributed by atoms with van der Waals surface area (Å²) in [6, 6.07) is 1.91. The normalized spacial score (nSPS) is 11.4. The molecule has 2 rings (SSSR count). The van der Waals surface area contributed by atoms with Gasteiger partial charge in [-0.25, -0.2) is 15.0 Å². The Morgan fingerprint density at radius 2 is 1.90 bits per heavy atom. The molecule has 108 valence electrons. The quantitative estimate of drug-likeness (QED) is 0.906. The lowest BCUT2D eigenvalue weighted by molar-refractivity contribution is 0.546. The fourth-order valence-electron chi connectivity index (χ4n) is 1.65. The molecule has 2 heterocycles. The minimum atomic E-state index is -0.0823. The van der Waals surface area contributed by atoms with E-state index < -0.39 is 0 Å². The van der Waals surface area contributed by atoms with Gasteiger partial charge < -0.3 is 10.6 Å². The first kappa shape index (κ1) is 14.7. The Hall–Kier alpha value is -1.69. The van der Waals surface area contributed by atoms with Crippen molar-refractivity contribution in [3.63, 3.8) is 0 Å². The molecular weight excluding hydrogens is 270 g/mol. The maximum Gasteiger partial charge on any atom is 0.138 e. The van der Waals surface area contributed by atoms with E-state index in [1.807, 2.05) is 19.3 Å². The highest BCUT2D eigenvalue weighted by Crippen LogP contribution is 2.22. The van der Waals surface area contributed by atoms with Gasteiger partial charge in [-0.1, -0.05) is 20.8 Å². The lowest BCUT2D eigenvalue weighted by atomic mass is 9.96. The van der Waals surface area contributed by atoms with Gasteiger partial charge in [0, 0.05) is 29.6 Å². The first-order chi connectivity index (χ1) is 9.38. The molecule has 0 saturated carbocycles. The predicted octanol–water partition coefficient (Wildman–Crippen LogP) is 3.19. The van der Waals surface area contributed by atoms with Crippen LogP contribution in [0.4, 0.5) is 11.6 Å². The van der Waals surface area contributed by atoms with Gasteiger partial charge in [0.2, 0.25) is 0 Å². The van der Waals surface area contributed by atoms with Crippen molar-refractivity contribution in [2.24, 2.45) is 0 Å². The summed E-state index contributed by atoms with van der Waals surface area (Å²) in [4.78, 5) is 14.7. The Bertz CT molecular complexity index is 585. The van der Waals surface area contributed by atoms with Crippen LogP contribution in [0.3, 0.4) is 0 Å². The van der Waals surface area contributed by atoms with E-state index in [9.17, 15) is 0 Å². The molecule has 0 aliphatic heterocycles. The molecular formula is C14H21N5S. The Morgan fingerprint density at radius 3 is 2.45 bits per heavy atom. The molecule has 0 aliphatic rings. The second-order valence-corrected chi connectivity index (χ2v) is 7.00. The number of nitrogens with zero attached hydrogens (tertiary/aromatic N) is 3. The van der Waals surface area contributed by atoms with Crippen molar-refractivity contribution in [3.8, 4) is 0 Å². The molecule has 0 unspecified atom stereocenters. The molecule has 0 bridgehead atoms. The summed E-state index contributed by atoms with van der Waals surface area (Å²) in [6.07, 6.45) is 1.89. The average Bonchev–Trinajstić information content (AvgIpc) is 2.81. The van der Waals surface area contributed by atoms with Crippen molar-refractivity contribution in [3.05, 3.63) is 28.0 Å². The van der Waals surface area contributed by atoms with E-state index in [1.54, 1.807) is 11.3 Å². The highest BCUT2D eigenvalue weighted by atomic mass is 32.1. The smallest absolute Gasteiger partial charge is 0.138 e. The first-order valence-corrected chi connectivity index (χ1v) is 7.42. The molecule has 0 fully saturated rings. The highest BCUT2D eigenvalue weighted by Gasteiger charge is 2.19. The SMILES string of the molecule is CNc1cc(NCc2ncc(C)s2)nc(C(C)(C)C)n1. The van der Waals surface area contributed by atoms with E-state index in [0.717, 1.165) is 22.5 Å². The zero-order valence-corrected chi connectivity index (χ0v) is 13.4.